The van der Waals surface area contributed by atoms with Crippen LogP contribution < -0.4 is 0 Å². The lowest BCUT2D eigenvalue weighted by atomic mass is 10.0. The number of likely N-dealkylation sites (tertiary alicyclic amines) is 1. The van der Waals surface area contributed by atoms with E-state index in [9.17, 15) is 0 Å². The largest absolute Gasteiger partial charge is 0.439 e. The minimum atomic E-state index is 0.362. The molecule has 0 N–H and O–H groups in total. The van der Waals surface area contributed by atoms with E-state index < -0.39 is 0 Å². The van der Waals surface area contributed by atoms with Gasteiger partial charge in [0.1, 0.15) is 10.5 Å². The first-order chi connectivity index (χ1) is 12.4. The molecular weight excluding hydrogens is 330 g/mol. The topological polar surface area (TPSA) is 42.2 Å². The molecule has 1 aliphatic rings. The standard InChI is InChI=1S/C20H19N3OS/c1-3-10-17-14(7-1)21-19(24-17)13-23-12-6-5-9-16(23)20-22-15-8-2-4-11-18(15)25-20/h1-4,7-8,10-11,16H,5-6,9,12-13H2/t16-/m0/s1. The van der Waals surface area contributed by atoms with Crippen molar-refractivity contribution in [1.82, 2.24) is 14.9 Å². The van der Waals surface area contributed by atoms with E-state index in [1.807, 2.05) is 35.6 Å². The summed E-state index contributed by atoms with van der Waals surface area (Å²) in [5.74, 6) is 0.800. The maximum absolute atomic E-state index is 5.94. The van der Waals surface area contributed by atoms with Gasteiger partial charge in [0.15, 0.2) is 5.58 Å². The van der Waals surface area contributed by atoms with Crippen molar-refractivity contribution in [2.75, 3.05) is 6.54 Å². The van der Waals surface area contributed by atoms with Gasteiger partial charge in [0.05, 0.1) is 22.8 Å². The minimum Gasteiger partial charge on any atom is -0.439 e. The molecular formula is C20H19N3OS. The molecule has 1 fully saturated rings. The third kappa shape index (κ3) is 2.83. The first-order valence-corrected chi connectivity index (χ1v) is 9.62. The summed E-state index contributed by atoms with van der Waals surface area (Å²) < 4.78 is 7.21. The lowest BCUT2D eigenvalue weighted by Crippen LogP contribution is -2.32. The van der Waals surface area contributed by atoms with Crippen LogP contribution in [-0.4, -0.2) is 21.4 Å². The SMILES string of the molecule is c1ccc2oc(CN3CCCC[C@H]3c3nc4ccccc4s3)nc2c1. The molecule has 5 heteroatoms. The molecule has 2 aromatic heterocycles. The van der Waals surface area contributed by atoms with Crippen LogP contribution in [0.25, 0.3) is 21.3 Å². The molecule has 0 bridgehead atoms. The number of aromatic nitrogens is 2. The molecule has 4 nitrogen and oxygen atoms in total. The highest BCUT2D eigenvalue weighted by atomic mass is 32.1. The van der Waals surface area contributed by atoms with Crippen molar-refractivity contribution in [2.24, 2.45) is 0 Å². The van der Waals surface area contributed by atoms with Crippen molar-refractivity contribution in [3.05, 3.63) is 59.4 Å². The molecule has 1 atom stereocenters. The molecule has 5 rings (SSSR count). The Balaban J connectivity index is 1.45. The highest BCUT2D eigenvalue weighted by molar-refractivity contribution is 7.18. The number of thiazole rings is 1. The summed E-state index contributed by atoms with van der Waals surface area (Å²) in [4.78, 5) is 12.0. The number of piperidine rings is 1. The highest BCUT2D eigenvalue weighted by Crippen LogP contribution is 2.36. The molecule has 0 saturated carbocycles. The molecule has 0 amide bonds. The van der Waals surface area contributed by atoms with Gasteiger partial charge in [-0.2, -0.15) is 0 Å². The van der Waals surface area contributed by atoms with E-state index in [-0.39, 0.29) is 0 Å². The molecule has 126 valence electrons. The van der Waals surface area contributed by atoms with Crippen LogP contribution in [0.1, 0.15) is 36.2 Å². The van der Waals surface area contributed by atoms with E-state index in [0.717, 1.165) is 42.0 Å². The Morgan fingerprint density at radius 3 is 2.72 bits per heavy atom. The molecule has 4 aromatic rings. The highest BCUT2D eigenvalue weighted by Gasteiger charge is 2.28. The van der Waals surface area contributed by atoms with Crippen molar-refractivity contribution in [1.29, 1.82) is 0 Å². The van der Waals surface area contributed by atoms with Gasteiger partial charge < -0.3 is 4.42 Å². The minimum absolute atomic E-state index is 0.362. The molecule has 0 unspecified atom stereocenters. The molecule has 0 spiro atoms. The lowest BCUT2D eigenvalue weighted by molar-refractivity contribution is 0.128. The Labute approximate surface area is 150 Å². The number of para-hydroxylation sites is 3. The van der Waals surface area contributed by atoms with Crippen molar-refractivity contribution >= 4 is 32.7 Å². The molecule has 2 aromatic carbocycles. The smallest absolute Gasteiger partial charge is 0.209 e. The third-order valence-electron chi connectivity index (χ3n) is 4.89. The monoisotopic (exact) mass is 349 g/mol. The summed E-state index contributed by atoms with van der Waals surface area (Å²) in [5.41, 5.74) is 2.91. The number of benzene rings is 2. The molecule has 1 aliphatic heterocycles. The van der Waals surface area contributed by atoms with Crippen LogP contribution in [0.4, 0.5) is 0 Å². The summed E-state index contributed by atoms with van der Waals surface area (Å²) in [6.07, 6.45) is 3.63. The number of fused-ring (bicyclic) bond motifs is 2. The van der Waals surface area contributed by atoms with Gasteiger partial charge in [-0.1, -0.05) is 30.7 Å². The van der Waals surface area contributed by atoms with E-state index in [1.165, 1.54) is 22.5 Å². The second-order valence-corrected chi connectivity index (χ2v) is 7.64. The molecule has 0 aliphatic carbocycles. The Bertz CT molecular complexity index is 956. The second-order valence-electron chi connectivity index (χ2n) is 6.58. The fraction of sp³-hybridized carbons (Fsp3) is 0.300. The quantitative estimate of drug-likeness (QED) is 0.512. The summed E-state index contributed by atoms with van der Waals surface area (Å²) in [5, 5.41) is 1.22. The van der Waals surface area contributed by atoms with Crippen molar-refractivity contribution in [3.63, 3.8) is 0 Å². The van der Waals surface area contributed by atoms with Gasteiger partial charge in [-0.05, 0) is 43.7 Å². The normalized spacial score (nSPS) is 19.0. The van der Waals surface area contributed by atoms with Gasteiger partial charge in [0.2, 0.25) is 5.89 Å². The van der Waals surface area contributed by atoms with E-state index in [0.29, 0.717) is 6.04 Å². The predicted molar refractivity (Wildman–Crippen MR) is 101 cm³/mol. The number of oxazole rings is 1. The number of hydrogen-bond donors (Lipinski definition) is 0. The second kappa shape index (κ2) is 6.24. The van der Waals surface area contributed by atoms with Crippen LogP contribution in [0.15, 0.2) is 52.9 Å². The van der Waals surface area contributed by atoms with Gasteiger partial charge in [-0.3, -0.25) is 4.90 Å². The lowest BCUT2D eigenvalue weighted by Gasteiger charge is -2.33. The number of rotatable bonds is 3. The van der Waals surface area contributed by atoms with Gasteiger partial charge in [-0.25, -0.2) is 9.97 Å². The molecule has 1 saturated heterocycles. The first kappa shape index (κ1) is 15.0. The van der Waals surface area contributed by atoms with Crippen LogP contribution in [0.2, 0.25) is 0 Å². The van der Waals surface area contributed by atoms with Crippen LogP contribution in [-0.2, 0) is 6.54 Å². The fourth-order valence-electron chi connectivity index (χ4n) is 3.65. The average molecular weight is 349 g/mol. The zero-order valence-electron chi connectivity index (χ0n) is 13.9. The Hall–Kier alpha value is -2.24. The first-order valence-electron chi connectivity index (χ1n) is 8.81. The van der Waals surface area contributed by atoms with Crippen molar-refractivity contribution in [3.8, 4) is 0 Å². The Morgan fingerprint density at radius 2 is 1.84 bits per heavy atom. The maximum atomic E-state index is 5.94. The number of nitrogens with zero attached hydrogens (tertiary/aromatic N) is 3. The summed E-state index contributed by atoms with van der Waals surface area (Å²) in [6, 6.07) is 16.7. The van der Waals surface area contributed by atoms with Crippen LogP contribution >= 0.6 is 11.3 Å². The summed E-state index contributed by atoms with van der Waals surface area (Å²) in [6.45, 7) is 1.81. The molecule has 0 radical (unpaired) electrons. The predicted octanol–water partition coefficient (Wildman–Crippen LogP) is 5.16. The van der Waals surface area contributed by atoms with Crippen LogP contribution in [0.3, 0.4) is 0 Å². The molecule has 25 heavy (non-hydrogen) atoms. The molecule has 3 heterocycles. The fourth-order valence-corrected chi connectivity index (χ4v) is 4.79. The maximum Gasteiger partial charge on any atom is 0.209 e. The summed E-state index contributed by atoms with van der Waals surface area (Å²) >= 11 is 1.82. The van der Waals surface area contributed by atoms with E-state index in [2.05, 4.69) is 34.1 Å². The zero-order chi connectivity index (χ0) is 16.6. The average Bonchev–Trinajstić information content (AvgIpc) is 3.25. The van der Waals surface area contributed by atoms with E-state index in [4.69, 9.17) is 9.40 Å². The van der Waals surface area contributed by atoms with E-state index in [1.54, 1.807) is 0 Å². The number of hydrogen-bond acceptors (Lipinski definition) is 5. The Kier molecular flexibility index (Phi) is 3.76. The van der Waals surface area contributed by atoms with Crippen molar-refractivity contribution < 1.29 is 4.42 Å². The van der Waals surface area contributed by atoms with Gasteiger partial charge in [-0.15, -0.1) is 11.3 Å². The Morgan fingerprint density at radius 1 is 1.00 bits per heavy atom. The van der Waals surface area contributed by atoms with Crippen LogP contribution in [0, 0.1) is 0 Å². The van der Waals surface area contributed by atoms with Crippen molar-refractivity contribution in [2.45, 2.75) is 31.8 Å². The van der Waals surface area contributed by atoms with Gasteiger partial charge in [0, 0.05) is 0 Å². The van der Waals surface area contributed by atoms with Gasteiger partial charge >= 0.3 is 0 Å². The zero-order valence-corrected chi connectivity index (χ0v) is 14.7. The summed E-state index contributed by atoms with van der Waals surface area (Å²) in [7, 11) is 0. The van der Waals surface area contributed by atoms with E-state index >= 15 is 0 Å². The third-order valence-corrected chi connectivity index (χ3v) is 6.02. The van der Waals surface area contributed by atoms with Gasteiger partial charge in [0.25, 0.3) is 0 Å². The van der Waals surface area contributed by atoms with Crippen LogP contribution in [0.5, 0.6) is 0 Å².